The van der Waals surface area contributed by atoms with Crippen LogP contribution in [0.2, 0.25) is 0 Å². The second-order valence-corrected chi connectivity index (χ2v) is 5.24. The zero-order chi connectivity index (χ0) is 15.9. The fourth-order valence-electron chi connectivity index (χ4n) is 2.56. The maximum atomic E-state index is 12.4. The van der Waals surface area contributed by atoms with Gasteiger partial charge >= 0.3 is 0 Å². The van der Waals surface area contributed by atoms with Gasteiger partial charge in [0.05, 0.1) is 12.5 Å². The Balaban J connectivity index is 2.24. The van der Waals surface area contributed by atoms with Gasteiger partial charge in [-0.05, 0) is 49.7 Å². The van der Waals surface area contributed by atoms with E-state index >= 15 is 0 Å². The highest BCUT2D eigenvalue weighted by atomic mass is 16.5. The molecule has 0 saturated carbocycles. The minimum Gasteiger partial charge on any atom is -0.507 e. The fourth-order valence-corrected chi connectivity index (χ4v) is 2.56. The molecular formula is C18H16O4. The van der Waals surface area contributed by atoms with Crippen LogP contribution in [0.25, 0.3) is 22.3 Å². The highest BCUT2D eigenvalue weighted by Gasteiger charge is 2.13. The van der Waals surface area contributed by atoms with Crippen LogP contribution in [0.15, 0.2) is 45.6 Å². The standard InChI is InChI=1S/C18H16O4/c1-10-8-16-17(11(2)18(10)20)14(19)9-15(22-16)12-4-6-13(21-3)7-5-12/h4-9,20H,1-3H3. The van der Waals surface area contributed by atoms with E-state index in [1.165, 1.54) is 6.07 Å². The number of aromatic hydroxyl groups is 1. The van der Waals surface area contributed by atoms with Crippen LogP contribution in [0.1, 0.15) is 11.1 Å². The Bertz CT molecular complexity index is 905. The predicted molar refractivity (Wildman–Crippen MR) is 85.6 cm³/mol. The molecule has 2 aromatic carbocycles. The third-order valence-electron chi connectivity index (χ3n) is 3.80. The first-order valence-electron chi connectivity index (χ1n) is 6.92. The first-order valence-corrected chi connectivity index (χ1v) is 6.92. The van der Waals surface area contributed by atoms with Crippen LogP contribution in [-0.2, 0) is 0 Å². The highest BCUT2D eigenvalue weighted by molar-refractivity contribution is 5.85. The summed E-state index contributed by atoms with van der Waals surface area (Å²) in [5.74, 6) is 1.37. The van der Waals surface area contributed by atoms with Crippen molar-refractivity contribution >= 4 is 11.0 Å². The van der Waals surface area contributed by atoms with Gasteiger partial charge in [-0.15, -0.1) is 0 Å². The van der Waals surface area contributed by atoms with Gasteiger partial charge in [0, 0.05) is 17.2 Å². The molecule has 0 amide bonds. The average molecular weight is 296 g/mol. The minimum absolute atomic E-state index is 0.136. The summed E-state index contributed by atoms with van der Waals surface area (Å²) in [6.45, 7) is 3.50. The van der Waals surface area contributed by atoms with E-state index < -0.39 is 0 Å². The average Bonchev–Trinajstić information content (AvgIpc) is 2.52. The number of hydrogen-bond acceptors (Lipinski definition) is 4. The van der Waals surface area contributed by atoms with Crippen molar-refractivity contribution in [3.8, 4) is 22.8 Å². The Hall–Kier alpha value is -2.75. The molecule has 3 rings (SSSR count). The molecule has 0 atom stereocenters. The molecule has 0 unspecified atom stereocenters. The van der Waals surface area contributed by atoms with Crippen molar-refractivity contribution in [3.63, 3.8) is 0 Å². The van der Waals surface area contributed by atoms with E-state index in [4.69, 9.17) is 9.15 Å². The number of benzene rings is 2. The monoisotopic (exact) mass is 296 g/mol. The van der Waals surface area contributed by atoms with Crippen molar-refractivity contribution in [2.24, 2.45) is 0 Å². The van der Waals surface area contributed by atoms with E-state index in [0.29, 0.717) is 27.9 Å². The fraction of sp³-hybridized carbons (Fsp3) is 0.167. The van der Waals surface area contributed by atoms with Crippen LogP contribution in [0.3, 0.4) is 0 Å². The van der Waals surface area contributed by atoms with Crippen LogP contribution in [0.4, 0.5) is 0 Å². The molecule has 4 nitrogen and oxygen atoms in total. The summed E-state index contributed by atoms with van der Waals surface area (Å²) in [6.07, 6.45) is 0. The van der Waals surface area contributed by atoms with Crippen molar-refractivity contribution in [1.82, 2.24) is 0 Å². The van der Waals surface area contributed by atoms with Crippen molar-refractivity contribution in [1.29, 1.82) is 0 Å². The van der Waals surface area contributed by atoms with E-state index in [1.807, 2.05) is 24.3 Å². The quantitative estimate of drug-likeness (QED) is 0.781. The zero-order valence-electron chi connectivity index (χ0n) is 12.6. The molecule has 0 spiro atoms. The largest absolute Gasteiger partial charge is 0.507 e. The van der Waals surface area contributed by atoms with Crippen molar-refractivity contribution < 1.29 is 14.3 Å². The lowest BCUT2D eigenvalue weighted by molar-refractivity contribution is 0.415. The molecule has 22 heavy (non-hydrogen) atoms. The predicted octanol–water partition coefficient (Wildman–Crippen LogP) is 3.79. The molecule has 0 saturated heterocycles. The Morgan fingerprint density at radius 2 is 1.77 bits per heavy atom. The smallest absolute Gasteiger partial charge is 0.193 e. The van der Waals surface area contributed by atoms with E-state index in [1.54, 1.807) is 27.0 Å². The minimum atomic E-state index is -0.167. The van der Waals surface area contributed by atoms with Crippen LogP contribution >= 0.6 is 0 Å². The lowest BCUT2D eigenvalue weighted by Crippen LogP contribution is -2.03. The summed E-state index contributed by atoms with van der Waals surface area (Å²) in [5.41, 5.74) is 2.33. The third-order valence-corrected chi connectivity index (χ3v) is 3.80. The molecule has 3 aromatic rings. The zero-order valence-corrected chi connectivity index (χ0v) is 12.6. The van der Waals surface area contributed by atoms with Gasteiger partial charge in [-0.3, -0.25) is 4.79 Å². The summed E-state index contributed by atoms with van der Waals surface area (Å²) >= 11 is 0. The van der Waals surface area contributed by atoms with Crippen LogP contribution < -0.4 is 10.2 Å². The number of rotatable bonds is 2. The molecular weight excluding hydrogens is 280 g/mol. The maximum absolute atomic E-state index is 12.4. The first-order chi connectivity index (χ1) is 10.5. The van der Waals surface area contributed by atoms with Crippen molar-refractivity contribution in [2.75, 3.05) is 7.11 Å². The van der Waals surface area contributed by atoms with Crippen LogP contribution in [0.5, 0.6) is 11.5 Å². The summed E-state index contributed by atoms with van der Waals surface area (Å²) in [4.78, 5) is 12.4. The summed E-state index contributed by atoms with van der Waals surface area (Å²) in [5, 5.41) is 10.4. The van der Waals surface area contributed by atoms with Crippen LogP contribution in [-0.4, -0.2) is 12.2 Å². The molecule has 1 N–H and O–H groups in total. The van der Waals surface area contributed by atoms with Crippen molar-refractivity contribution in [2.45, 2.75) is 13.8 Å². The van der Waals surface area contributed by atoms with Gasteiger partial charge in [0.2, 0.25) is 0 Å². The molecule has 1 aromatic heterocycles. The van der Waals surface area contributed by atoms with E-state index in [9.17, 15) is 9.90 Å². The Kier molecular flexibility index (Phi) is 3.37. The number of hydrogen-bond donors (Lipinski definition) is 1. The second-order valence-electron chi connectivity index (χ2n) is 5.24. The number of phenolic OH excluding ortho intramolecular Hbond substituents is 1. The number of aryl methyl sites for hydroxylation is 2. The second kappa shape index (κ2) is 5.22. The first kappa shape index (κ1) is 14.2. The molecule has 0 aliphatic rings. The normalized spacial score (nSPS) is 10.9. The molecule has 1 heterocycles. The van der Waals surface area contributed by atoms with E-state index in [-0.39, 0.29) is 11.2 Å². The summed E-state index contributed by atoms with van der Waals surface area (Å²) in [7, 11) is 1.60. The van der Waals surface area contributed by atoms with Crippen LogP contribution in [0, 0.1) is 13.8 Å². The number of phenols is 1. The highest BCUT2D eigenvalue weighted by Crippen LogP contribution is 2.31. The third kappa shape index (κ3) is 2.22. The van der Waals surface area contributed by atoms with Gasteiger partial charge in [0.1, 0.15) is 22.8 Å². The summed E-state index contributed by atoms with van der Waals surface area (Å²) in [6, 6.07) is 10.4. The van der Waals surface area contributed by atoms with Gasteiger partial charge in [-0.1, -0.05) is 0 Å². The molecule has 0 fully saturated rings. The maximum Gasteiger partial charge on any atom is 0.193 e. The SMILES string of the molecule is COc1ccc(-c2cc(=O)c3c(C)c(O)c(C)cc3o2)cc1. The molecule has 0 bridgehead atoms. The number of fused-ring (bicyclic) bond motifs is 1. The summed E-state index contributed by atoms with van der Waals surface area (Å²) < 4.78 is 11.0. The van der Waals surface area contributed by atoms with Gasteiger partial charge in [0.15, 0.2) is 5.43 Å². The van der Waals surface area contributed by atoms with E-state index in [2.05, 4.69) is 0 Å². The molecule has 4 heteroatoms. The van der Waals surface area contributed by atoms with Gasteiger partial charge in [0.25, 0.3) is 0 Å². The topological polar surface area (TPSA) is 59.7 Å². The Morgan fingerprint density at radius 1 is 1.09 bits per heavy atom. The molecule has 0 aliphatic heterocycles. The Labute approximate surface area is 127 Å². The molecule has 0 radical (unpaired) electrons. The lowest BCUT2D eigenvalue weighted by atomic mass is 10.0. The van der Waals surface area contributed by atoms with Gasteiger partial charge in [-0.2, -0.15) is 0 Å². The molecule has 112 valence electrons. The van der Waals surface area contributed by atoms with Gasteiger partial charge < -0.3 is 14.3 Å². The van der Waals surface area contributed by atoms with Gasteiger partial charge in [-0.25, -0.2) is 0 Å². The number of ether oxygens (including phenoxy) is 1. The van der Waals surface area contributed by atoms with E-state index in [0.717, 1.165) is 11.3 Å². The van der Waals surface area contributed by atoms with Crippen molar-refractivity contribution in [3.05, 3.63) is 57.7 Å². The molecule has 0 aliphatic carbocycles. The Morgan fingerprint density at radius 3 is 2.41 bits per heavy atom. The lowest BCUT2D eigenvalue weighted by Gasteiger charge is -2.09. The number of methoxy groups -OCH3 is 1.